The molecule has 0 heterocycles. The Labute approximate surface area is 125 Å². The molecule has 1 aromatic rings. The Hall–Kier alpha value is -2.30. The quantitative estimate of drug-likeness (QED) is 0.790. The maximum atomic E-state index is 12.0. The number of hydrogen-bond acceptors (Lipinski definition) is 2. The molecule has 0 saturated carbocycles. The predicted molar refractivity (Wildman–Crippen MR) is 84.2 cm³/mol. The molecule has 1 atom stereocenters. The molecule has 5 nitrogen and oxygen atoms in total. The van der Waals surface area contributed by atoms with E-state index in [1.165, 1.54) is 6.08 Å². The number of carbonyl (C=O) groups excluding carboxylic acids is 1. The summed E-state index contributed by atoms with van der Waals surface area (Å²) in [6.45, 7) is 4.89. The molecule has 2 amide bonds. The van der Waals surface area contributed by atoms with Crippen LogP contribution >= 0.6 is 0 Å². The first-order valence-electron chi connectivity index (χ1n) is 6.95. The minimum atomic E-state index is -1.00. The first kappa shape index (κ1) is 16.8. The van der Waals surface area contributed by atoms with Gasteiger partial charge in [-0.3, -0.25) is 0 Å². The summed E-state index contributed by atoms with van der Waals surface area (Å²) in [7, 11) is 1.76. The van der Waals surface area contributed by atoms with E-state index in [4.69, 9.17) is 5.11 Å². The third kappa shape index (κ3) is 6.12. The van der Waals surface area contributed by atoms with Crippen molar-refractivity contribution in [3.8, 4) is 0 Å². The summed E-state index contributed by atoms with van der Waals surface area (Å²) in [5.41, 5.74) is 1.36. The second-order valence-electron chi connectivity index (χ2n) is 5.12. The van der Waals surface area contributed by atoms with Crippen molar-refractivity contribution in [1.29, 1.82) is 0 Å². The number of hydrogen-bond donors (Lipinski definition) is 2. The molecule has 5 heteroatoms. The Morgan fingerprint density at radius 1 is 1.43 bits per heavy atom. The molecule has 1 rings (SSSR count). The molecule has 0 fully saturated rings. The lowest BCUT2D eigenvalue weighted by Crippen LogP contribution is -2.34. The van der Waals surface area contributed by atoms with Gasteiger partial charge >= 0.3 is 12.0 Å². The molecule has 1 aromatic carbocycles. The molecule has 0 aromatic heterocycles. The van der Waals surface area contributed by atoms with Gasteiger partial charge in [0, 0.05) is 25.4 Å². The lowest BCUT2D eigenvalue weighted by molar-refractivity contribution is -0.131. The lowest BCUT2D eigenvalue weighted by atomic mass is 10.1. The van der Waals surface area contributed by atoms with Crippen LogP contribution in [0.3, 0.4) is 0 Å². The zero-order chi connectivity index (χ0) is 15.8. The van der Waals surface area contributed by atoms with Gasteiger partial charge < -0.3 is 15.3 Å². The van der Waals surface area contributed by atoms with Gasteiger partial charge in [-0.05, 0) is 29.7 Å². The van der Waals surface area contributed by atoms with Crippen LogP contribution in [0.4, 0.5) is 10.5 Å². The van der Waals surface area contributed by atoms with Crippen molar-refractivity contribution in [2.45, 2.75) is 20.3 Å². The summed E-state index contributed by atoms with van der Waals surface area (Å²) in [6.07, 6.45) is 3.57. The Morgan fingerprint density at radius 3 is 2.76 bits per heavy atom. The largest absolute Gasteiger partial charge is 0.478 e. The van der Waals surface area contributed by atoms with E-state index in [-0.39, 0.29) is 6.03 Å². The molecule has 0 aliphatic heterocycles. The standard InChI is InChI=1S/C16H22N2O3/c1-4-12(2)11-18(3)16(21)17-14-7-5-6-13(10-14)8-9-15(19)20/h5-10,12H,4,11H2,1-3H3,(H,17,21)(H,19,20)/b9-8+. The Balaban J connectivity index is 2.68. The summed E-state index contributed by atoms with van der Waals surface area (Å²) in [4.78, 5) is 24.2. The van der Waals surface area contributed by atoms with Crippen molar-refractivity contribution in [3.05, 3.63) is 35.9 Å². The van der Waals surface area contributed by atoms with E-state index in [1.807, 2.05) is 0 Å². The highest BCUT2D eigenvalue weighted by Crippen LogP contribution is 2.13. The first-order valence-corrected chi connectivity index (χ1v) is 6.95. The predicted octanol–water partition coefficient (Wildman–Crippen LogP) is 3.29. The van der Waals surface area contributed by atoms with Crippen LogP contribution in [0.15, 0.2) is 30.3 Å². The van der Waals surface area contributed by atoms with Crippen LogP contribution in [0.5, 0.6) is 0 Å². The Morgan fingerprint density at radius 2 is 2.14 bits per heavy atom. The number of nitrogens with zero attached hydrogens (tertiary/aromatic N) is 1. The smallest absolute Gasteiger partial charge is 0.328 e. The molecule has 0 bridgehead atoms. The molecule has 0 radical (unpaired) electrons. The van der Waals surface area contributed by atoms with Crippen LogP contribution in [0.1, 0.15) is 25.8 Å². The van der Waals surface area contributed by atoms with Gasteiger partial charge in [-0.2, -0.15) is 0 Å². The van der Waals surface area contributed by atoms with E-state index < -0.39 is 5.97 Å². The number of rotatable bonds is 6. The minimum Gasteiger partial charge on any atom is -0.478 e. The van der Waals surface area contributed by atoms with Crippen molar-refractivity contribution >= 4 is 23.8 Å². The van der Waals surface area contributed by atoms with Gasteiger partial charge in [0.15, 0.2) is 0 Å². The fourth-order valence-electron chi connectivity index (χ4n) is 1.79. The van der Waals surface area contributed by atoms with Gasteiger partial charge in [0.1, 0.15) is 0 Å². The molecule has 0 aliphatic rings. The van der Waals surface area contributed by atoms with Gasteiger partial charge in [-0.25, -0.2) is 9.59 Å². The first-order chi connectivity index (χ1) is 9.92. The number of urea groups is 1. The molecular formula is C16H22N2O3. The van der Waals surface area contributed by atoms with Gasteiger partial charge in [-0.15, -0.1) is 0 Å². The lowest BCUT2D eigenvalue weighted by Gasteiger charge is -2.21. The van der Waals surface area contributed by atoms with Crippen LogP contribution in [0.25, 0.3) is 6.08 Å². The topological polar surface area (TPSA) is 69.6 Å². The average molecular weight is 290 g/mol. The number of amides is 2. The summed E-state index contributed by atoms with van der Waals surface area (Å²) in [5, 5.41) is 11.4. The fraction of sp³-hybridized carbons (Fsp3) is 0.375. The van der Waals surface area contributed by atoms with E-state index in [9.17, 15) is 9.59 Å². The van der Waals surface area contributed by atoms with E-state index in [0.29, 0.717) is 18.2 Å². The Bertz CT molecular complexity index is 526. The van der Waals surface area contributed by atoms with E-state index in [1.54, 1.807) is 36.2 Å². The number of carboxylic acids is 1. The van der Waals surface area contributed by atoms with Crippen LogP contribution in [0.2, 0.25) is 0 Å². The number of nitrogens with one attached hydrogen (secondary N) is 1. The summed E-state index contributed by atoms with van der Waals surface area (Å²) >= 11 is 0. The van der Waals surface area contributed by atoms with Gasteiger partial charge in [-0.1, -0.05) is 32.4 Å². The minimum absolute atomic E-state index is 0.172. The van der Waals surface area contributed by atoms with Crippen molar-refractivity contribution < 1.29 is 14.7 Å². The maximum Gasteiger partial charge on any atom is 0.328 e. The normalized spacial score (nSPS) is 12.1. The van der Waals surface area contributed by atoms with Gasteiger partial charge in [0.2, 0.25) is 0 Å². The zero-order valence-electron chi connectivity index (χ0n) is 12.7. The van der Waals surface area contributed by atoms with E-state index >= 15 is 0 Å². The number of aliphatic carboxylic acids is 1. The van der Waals surface area contributed by atoms with Gasteiger partial charge in [0.25, 0.3) is 0 Å². The van der Waals surface area contributed by atoms with Gasteiger partial charge in [0.05, 0.1) is 0 Å². The number of carboxylic acid groups (broad SMARTS) is 1. The van der Waals surface area contributed by atoms with E-state index in [0.717, 1.165) is 18.1 Å². The van der Waals surface area contributed by atoms with E-state index in [2.05, 4.69) is 19.2 Å². The highest BCUT2D eigenvalue weighted by atomic mass is 16.4. The third-order valence-corrected chi connectivity index (χ3v) is 3.19. The van der Waals surface area contributed by atoms with Crippen molar-refractivity contribution in [3.63, 3.8) is 0 Å². The Kier molecular flexibility index (Phi) is 6.46. The zero-order valence-corrected chi connectivity index (χ0v) is 12.7. The monoisotopic (exact) mass is 290 g/mol. The van der Waals surface area contributed by atoms with Crippen molar-refractivity contribution in [2.24, 2.45) is 5.92 Å². The molecule has 2 N–H and O–H groups in total. The summed E-state index contributed by atoms with van der Waals surface area (Å²) in [6, 6.07) is 6.88. The summed E-state index contributed by atoms with van der Waals surface area (Å²) < 4.78 is 0. The molecular weight excluding hydrogens is 268 g/mol. The second-order valence-corrected chi connectivity index (χ2v) is 5.12. The highest BCUT2D eigenvalue weighted by Gasteiger charge is 2.11. The highest BCUT2D eigenvalue weighted by molar-refractivity contribution is 5.90. The second kappa shape index (κ2) is 8.09. The molecule has 21 heavy (non-hydrogen) atoms. The molecule has 0 spiro atoms. The average Bonchev–Trinajstić information content (AvgIpc) is 2.45. The number of anilines is 1. The van der Waals surface area contributed by atoms with Crippen LogP contribution in [-0.2, 0) is 4.79 Å². The molecule has 0 saturated heterocycles. The number of benzene rings is 1. The summed E-state index contributed by atoms with van der Waals surface area (Å²) in [5.74, 6) is -0.552. The van der Waals surface area contributed by atoms with Crippen LogP contribution < -0.4 is 5.32 Å². The third-order valence-electron chi connectivity index (χ3n) is 3.19. The molecule has 114 valence electrons. The van der Waals surface area contributed by atoms with Crippen LogP contribution in [0, 0.1) is 5.92 Å². The SMILES string of the molecule is CCC(C)CN(C)C(=O)Nc1cccc(/C=C/C(=O)O)c1. The van der Waals surface area contributed by atoms with Crippen molar-refractivity contribution in [1.82, 2.24) is 4.90 Å². The molecule has 0 aliphatic carbocycles. The van der Waals surface area contributed by atoms with Crippen LogP contribution in [-0.4, -0.2) is 35.6 Å². The molecule has 1 unspecified atom stereocenters. The maximum absolute atomic E-state index is 12.0. The fourth-order valence-corrected chi connectivity index (χ4v) is 1.79. The van der Waals surface area contributed by atoms with Crippen molar-refractivity contribution in [2.75, 3.05) is 18.9 Å². The number of carbonyl (C=O) groups is 2.